The minimum absolute atomic E-state index is 0.0381. The number of imide groups is 1. The number of benzene rings is 2. The molecule has 29 heavy (non-hydrogen) atoms. The van der Waals surface area contributed by atoms with Crippen LogP contribution in [0.2, 0.25) is 0 Å². The van der Waals surface area contributed by atoms with Crippen molar-refractivity contribution in [1.29, 1.82) is 0 Å². The summed E-state index contributed by atoms with van der Waals surface area (Å²) in [6.45, 7) is 2.29. The zero-order valence-corrected chi connectivity index (χ0v) is 17.6. The number of nitrogens with zero attached hydrogens (tertiary/aromatic N) is 1. The van der Waals surface area contributed by atoms with Gasteiger partial charge in [0.15, 0.2) is 11.5 Å². The van der Waals surface area contributed by atoms with Gasteiger partial charge in [-0.05, 0) is 36.3 Å². The molecule has 0 unspecified atom stereocenters. The van der Waals surface area contributed by atoms with Crippen molar-refractivity contribution in [2.24, 2.45) is 0 Å². The van der Waals surface area contributed by atoms with E-state index in [1.165, 1.54) is 18.1 Å². The van der Waals surface area contributed by atoms with Crippen molar-refractivity contribution in [3.63, 3.8) is 0 Å². The Labute approximate surface area is 176 Å². The fourth-order valence-corrected chi connectivity index (χ4v) is 3.30. The Morgan fingerprint density at radius 2 is 1.97 bits per heavy atom. The average Bonchev–Trinajstić information content (AvgIpc) is 2.96. The van der Waals surface area contributed by atoms with Gasteiger partial charge in [0.1, 0.15) is 18.1 Å². The summed E-state index contributed by atoms with van der Waals surface area (Å²) >= 11 is 3.45. The Morgan fingerprint density at radius 3 is 2.66 bits per heavy atom. The van der Waals surface area contributed by atoms with E-state index in [4.69, 9.17) is 9.47 Å². The maximum absolute atomic E-state index is 13.8. The Kier molecular flexibility index (Phi) is 6.53. The standard InChI is InChI=1S/C21H20BrFN2O4/c1-3-8-25-20(26)17(24-21(25)27)9-14-10-18(28-2)19(11-15(14)22)29-12-13-6-4-5-7-16(13)23/h4-7,9-11H,3,8,12H2,1-2H3,(H,24,27)/b17-9+. The van der Waals surface area contributed by atoms with Crippen LogP contribution in [0.1, 0.15) is 24.5 Å². The van der Waals surface area contributed by atoms with Crippen molar-refractivity contribution >= 4 is 33.9 Å². The van der Waals surface area contributed by atoms with E-state index in [0.29, 0.717) is 40.1 Å². The summed E-state index contributed by atoms with van der Waals surface area (Å²) in [6.07, 6.45) is 2.25. The maximum Gasteiger partial charge on any atom is 0.329 e. The molecule has 1 fully saturated rings. The van der Waals surface area contributed by atoms with E-state index in [-0.39, 0.29) is 24.0 Å². The molecule has 0 spiro atoms. The largest absolute Gasteiger partial charge is 0.493 e. The van der Waals surface area contributed by atoms with Gasteiger partial charge >= 0.3 is 6.03 Å². The van der Waals surface area contributed by atoms with Crippen molar-refractivity contribution in [1.82, 2.24) is 10.2 Å². The molecule has 0 saturated carbocycles. The predicted octanol–water partition coefficient (Wildman–Crippen LogP) is 4.48. The van der Waals surface area contributed by atoms with Crippen LogP contribution in [0.15, 0.2) is 46.6 Å². The molecule has 3 amide bonds. The number of carbonyl (C=O) groups excluding carboxylic acids is 2. The van der Waals surface area contributed by atoms with Crippen molar-refractivity contribution in [3.05, 3.63) is 63.5 Å². The number of hydrogen-bond donors (Lipinski definition) is 1. The minimum Gasteiger partial charge on any atom is -0.493 e. The van der Waals surface area contributed by atoms with Gasteiger partial charge in [-0.3, -0.25) is 9.69 Å². The van der Waals surface area contributed by atoms with E-state index in [2.05, 4.69) is 21.2 Å². The molecule has 1 heterocycles. The van der Waals surface area contributed by atoms with Crippen molar-refractivity contribution in [3.8, 4) is 11.5 Å². The predicted molar refractivity (Wildman–Crippen MR) is 110 cm³/mol. The van der Waals surface area contributed by atoms with Crippen LogP contribution in [0.3, 0.4) is 0 Å². The van der Waals surface area contributed by atoms with Crippen LogP contribution in [0.4, 0.5) is 9.18 Å². The molecular formula is C21H20BrFN2O4. The summed E-state index contributed by atoms with van der Waals surface area (Å²) in [7, 11) is 1.49. The zero-order chi connectivity index (χ0) is 21.0. The van der Waals surface area contributed by atoms with Crippen LogP contribution in [-0.4, -0.2) is 30.5 Å². The van der Waals surface area contributed by atoms with Crippen molar-refractivity contribution in [2.75, 3.05) is 13.7 Å². The highest BCUT2D eigenvalue weighted by Gasteiger charge is 2.32. The zero-order valence-electron chi connectivity index (χ0n) is 16.0. The first-order chi connectivity index (χ1) is 13.9. The Hall–Kier alpha value is -2.87. The molecule has 0 radical (unpaired) electrons. The number of hydrogen-bond acceptors (Lipinski definition) is 4. The maximum atomic E-state index is 13.8. The van der Waals surface area contributed by atoms with Crippen LogP contribution < -0.4 is 14.8 Å². The molecule has 3 rings (SSSR count). The van der Waals surface area contributed by atoms with Crippen LogP contribution in [0.5, 0.6) is 11.5 Å². The highest BCUT2D eigenvalue weighted by molar-refractivity contribution is 9.10. The molecule has 2 aromatic carbocycles. The molecule has 2 aromatic rings. The van der Waals surface area contributed by atoms with Gasteiger partial charge < -0.3 is 14.8 Å². The minimum atomic E-state index is -0.434. The normalized spacial score (nSPS) is 15.0. The van der Waals surface area contributed by atoms with E-state index >= 15 is 0 Å². The van der Waals surface area contributed by atoms with Gasteiger partial charge in [-0.2, -0.15) is 0 Å². The smallest absolute Gasteiger partial charge is 0.329 e. The first-order valence-corrected chi connectivity index (χ1v) is 9.82. The molecule has 8 heteroatoms. The summed E-state index contributed by atoms with van der Waals surface area (Å²) in [6, 6.07) is 9.28. The lowest BCUT2D eigenvalue weighted by Gasteiger charge is -2.13. The third-order valence-electron chi connectivity index (χ3n) is 4.33. The topological polar surface area (TPSA) is 67.9 Å². The second-order valence-corrected chi connectivity index (χ2v) is 7.20. The SMILES string of the molecule is CCCN1C(=O)N/C(=C/c2cc(OC)c(OCc3ccccc3F)cc2Br)C1=O. The monoisotopic (exact) mass is 462 g/mol. The third kappa shape index (κ3) is 4.59. The number of urea groups is 1. The highest BCUT2D eigenvalue weighted by atomic mass is 79.9. The average molecular weight is 463 g/mol. The van der Waals surface area contributed by atoms with Gasteiger partial charge in [-0.1, -0.05) is 41.1 Å². The summed E-state index contributed by atoms with van der Waals surface area (Å²) in [5, 5.41) is 2.58. The lowest BCUT2D eigenvalue weighted by molar-refractivity contribution is -0.122. The van der Waals surface area contributed by atoms with Crippen molar-refractivity contribution < 1.29 is 23.5 Å². The van der Waals surface area contributed by atoms with Gasteiger partial charge in [-0.25, -0.2) is 9.18 Å². The van der Waals surface area contributed by atoms with E-state index in [9.17, 15) is 14.0 Å². The van der Waals surface area contributed by atoms with Crippen molar-refractivity contribution in [2.45, 2.75) is 20.0 Å². The van der Waals surface area contributed by atoms with Gasteiger partial charge in [0.25, 0.3) is 5.91 Å². The van der Waals surface area contributed by atoms with E-state index in [1.54, 1.807) is 36.4 Å². The second-order valence-electron chi connectivity index (χ2n) is 6.35. The van der Waals surface area contributed by atoms with Crippen LogP contribution in [0, 0.1) is 5.82 Å². The first kappa shape index (κ1) is 20.9. The molecule has 0 bridgehead atoms. The van der Waals surface area contributed by atoms with Gasteiger partial charge in [-0.15, -0.1) is 0 Å². The molecule has 0 atom stereocenters. The number of halogens is 2. The van der Waals surface area contributed by atoms with E-state index in [0.717, 1.165) is 0 Å². The third-order valence-corrected chi connectivity index (χ3v) is 5.02. The quantitative estimate of drug-likeness (QED) is 0.486. The molecule has 1 aliphatic heterocycles. The first-order valence-electron chi connectivity index (χ1n) is 9.02. The molecule has 6 nitrogen and oxygen atoms in total. The van der Waals surface area contributed by atoms with Crippen LogP contribution in [0.25, 0.3) is 6.08 Å². The number of amides is 3. The van der Waals surface area contributed by atoms with Crippen LogP contribution in [-0.2, 0) is 11.4 Å². The van der Waals surface area contributed by atoms with E-state index < -0.39 is 6.03 Å². The number of methoxy groups -OCH3 is 1. The molecule has 1 saturated heterocycles. The molecule has 0 aromatic heterocycles. The molecule has 152 valence electrons. The Bertz CT molecular complexity index is 977. The lowest BCUT2D eigenvalue weighted by atomic mass is 10.1. The summed E-state index contributed by atoms with van der Waals surface area (Å²) in [4.78, 5) is 25.5. The summed E-state index contributed by atoms with van der Waals surface area (Å²) in [5.74, 6) is 0.111. The van der Waals surface area contributed by atoms with Gasteiger partial charge in [0.05, 0.1) is 7.11 Å². The fourth-order valence-electron chi connectivity index (χ4n) is 2.86. The Balaban J connectivity index is 1.84. The molecular weight excluding hydrogens is 443 g/mol. The molecule has 1 N–H and O–H groups in total. The second kappa shape index (κ2) is 9.09. The van der Waals surface area contributed by atoms with Crippen LogP contribution >= 0.6 is 15.9 Å². The number of carbonyl (C=O) groups is 2. The van der Waals surface area contributed by atoms with E-state index in [1.807, 2.05) is 6.92 Å². The Morgan fingerprint density at radius 1 is 1.21 bits per heavy atom. The lowest BCUT2D eigenvalue weighted by Crippen LogP contribution is -2.31. The highest BCUT2D eigenvalue weighted by Crippen LogP contribution is 2.35. The summed E-state index contributed by atoms with van der Waals surface area (Å²) < 4.78 is 25.5. The van der Waals surface area contributed by atoms with Gasteiger partial charge in [0.2, 0.25) is 0 Å². The fraction of sp³-hybridized carbons (Fsp3) is 0.238. The number of ether oxygens (including phenoxy) is 2. The number of nitrogens with one attached hydrogen (secondary N) is 1. The molecule has 1 aliphatic rings. The van der Waals surface area contributed by atoms with Gasteiger partial charge in [0, 0.05) is 16.6 Å². The number of rotatable bonds is 7. The summed E-state index contributed by atoms with van der Waals surface area (Å²) in [5.41, 5.74) is 1.24. The molecule has 0 aliphatic carbocycles.